The molecule has 0 aliphatic carbocycles. The normalized spacial score (nSPS) is 11.3. The van der Waals surface area contributed by atoms with E-state index >= 15 is 0 Å². The third kappa shape index (κ3) is 4.65. The predicted molar refractivity (Wildman–Crippen MR) is 122 cm³/mol. The lowest BCUT2D eigenvalue weighted by molar-refractivity contribution is 0.101. The van der Waals surface area contributed by atoms with E-state index in [4.69, 9.17) is 11.6 Å². The number of rotatable bonds is 6. The molecular formula is C22H22ClN3O4S. The van der Waals surface area contributed by atoms with Crippen LogP contribution in [0.4, 0.5) is 11.4 Å². The maximum Gasteiger partial charge on any atom is 0.272 e. The second kappa shape index (κ2) is 8.56. The van der Waals surface area contributed by atoms with Crippen molar-refractivity contribution >= 4 is 44.7 Å². The lowest BCUT2D eigenvalue weighted by Gasteiger charge is -2.13. The largest absolute Gasteiger partial charge is 0.354 e. The number of carbonyl (C=O) groups excluding carboxylic acids is 2. The summed E-state index contributed by atoms with van der Waals surface area (Å²) in [7, 11) is -3.95. The second-order valence-corrected chi connectivity index (χ2v) is 9.26. The van der Waals surface area contributed by atoms with Crippen LogP contribution >= 0.6 is 11.6 Å². The second-order valence-electron chi connectivity index (χ2n) is 7.20. The summed E-state index contributed by atoms with van der Waals surface area (Å²) in [6.45, 7) is 6.50. The van der Waals surface area contributed by atoms with E-state index in [1.165, 1.54) is 13.0 Å². The van der Waals surface area contributed by atoms with Crippen molar-refractivity contribution < 1.29 is 18.0 Å². The fourth-order valence-corrected chi connectivity index (χ4v) is 5.00. The van der Waals surface area contributed by atoms with Gasteiger partial charge < -0.3 is 10.3 Å². The predicted octanol–water partition coefficient (Wildman–Crippen LogP) is 4.85. The number of benzene rings is 2. The first-order valence-electron chi connectivity index (χ1n) is 9.40. The molecule has 9 heteroatoms. The van der Waals surface area contributed by atoms with E-state index in [-0.39, 0.29) is 27.1 Å². The zero-order valence-corrected chi connectivity index (χ0v) is 19.0. The molecule has 0 aliphatic rings. The van der Waals surface area contributed by atoms with Crippen LogP contribution in [-0.2, 0) is 10.0 Å². The third-order valence-electron chi connectivity index (χ3n) is 4.87. The number of aryl methyl sites for hydroxylation is 2. The molecule has 0 unspecified atom stereocenters. The number of nitrogens with one attached hydrogen (secondary N) is 3. The van der Waals surface area contributed by atoms with E-state index in [0.717, 1.165) is 0 Å². The van der Waals surface area contributed by atoms with Crippen LogP contribution in [0.5, 0.6) is 0 Å². The van der Waals surface area contributed by atoms with Gasteiger partial charge in [-0.25, -0.2) is 8.42 Å². The molecule has 162 valence electrons. The number of hydrogen-bond acceptors (Lipinski definition) is 4. The minimum Gasteiger partial charge on any atom is -0.354 e. The van der Waals surface area contributed by atoms with Crippen LogP contribution < -0.4 is 10.0 Å². The molecule has 0 radical (unpaired) electrons. The number of aromatic nitrogens is 1. The first-order chi connectivity index (χ1) is 14.5. The molecular weight excluding hydrogens is 438 g/mol. The van der Waals surface area contributed by atoms with Crippen molar-refractivity contribution in [3.8, 4) is 0 Å². The van der Waals surface area contributed by atoms with Crippen molar-refractivity contribution in [2.75, 3.05) is 10.0 Å². The third-order valence-corrected chi connectivity index (χ3v) is 6.71. The van der Waals surface area contributed by atoms with Gasteiger partial charge in [0.25, 0.3) is 15.9 Å². The zero-order chi connectivity index (χ0) is 22.9. The summed E-state index contributed by atoms with van der Waals surface area (Å²) < 4.78 is 28.3. The number of para-hydroxylation sites is 1. The van der Waals surface area contributed by atoms with E-state index < -0.39 is 15.9 Å². The molecule has 0 aliphatic heterocycles. The smallest absolute Gasteiger partial charge is 0.272 e. The number of H-pyrrole nitrogens is 1. The molecule has 0 spiro atoms. The van der Waals surface area contributed by atoms with Gasteiger partial charge in [0.15, 0.2) is 5.78 Å². The monoisotopic (exact) mass is 459 g/mol. The topological polar surface area (TPSA) is 108 Å². The Balaban J connectivity index is 1.91. The van der Waals surface area contributed by atoms with E-state index in [1.54, 1.807) is 57.2 Å². The van der Waals surface area contributed by atoms with Gasteiger partial charge in [0.1, 0.15) is 5.69 Å². The van der Waals surface area contributed by atoms with Gasteiger partial charge in [0.05, 0.1) is 15.6 Å². The van der Waals surface area contributed by atoms with Crippen LogP contribution in [0.25, 0.3) is 0 Å². The summed E-state index contributed by atoms with van der Waals surface area (Å²) in [6, 6.07) is 11.1. The molecule has 0 saturated heterocycles. The Bertz CT molecular complexity index is 1300. The fourth-order valence-electron chi connectivity index (χ4n) is 3.41. The summed E-state index contributed by atoms with van der Waals surface area (Å²) in [5.74, 6) is -0.612. The molecule has 1 heterocycles. The lowest BCUT2D eigenvalue weighted by atomic mass is 10.1. The van der Waals surface area contributed by atoms with Gasteiger partial charge in [-0.15, -0.1) is 0 Å². The Morgan fingerprint density at radius 3 is 2.32 bits per heavy atom. The first kappa shape index (κ1) is 22.6. The van der Waals surface area contributed by atoms with E-state index in [9.17, 15) is 18.0 Å². The van der Waals surface area contributed by atoms with Gasteiger partial charge in [-0.05, 0) is 63.1 Å². The highest BCUT2D eigenvalue weighted by molar-refractivity contribution is 7.92. The number of amides is 1. The van der Waals surface area contributed by atoms with Crippen LogP contribution in [0.1, 0.15) is 44.6 Å². The molecule has 2 aromatic carbocycles. The molecule has 1 aromatic heterocycles. The minimum absolute atomic E-state index is 0.00836. The van der Waals surface area contributed by atoms with Crippen LogP contribution in [0, 0.1) is 20.8 Å². The SMILES string of the molecule is CC(=O)c1c(C)[nH]c(C(=O)Nc2ccc(C)c(S(=O)(=O)Nc3ccccc3Cl)c2)c1C. The summed E-state index contributed by atoms with van der Waals surface area (Å²) in [5.41, 5.74) is 2.93. The number of carbonyl (C=O) groups is 2. The van der Waals surface area contributed by atoms with Crippen molar-refractivity contribution in [3.05, 3.63) is 75.6 Å². The molecule has 0 saturated carbocycles. The van der Waals surface area contributed by atoms with E-state index in [2.05, 4.69) is 15.0 Å². The summed E-state index contributed by atoms with van der Waals surface area (Å²) >= 11 is 6.07. The highest BCUT2D eigenvalue weighted by atomic mass is 35.5. The summed E-state index contributed by atoms with van der Waals surface area (Å²) in [6.07, 6.45) is 0. The quantitative estimate of drug-likeness (QED) is 0.458. The van der Waals surface area contributed by atoms with Gasteiger partial charge in [-0.1, -0.05) is 29.8 Å². The number of aromatic amines is 1. The average Bonchev–Trinajstić information content (AvgIpc) is 2.99. The fraction of sp³-hybridized carbons (Fsp3) is 0.182. The Morgan fingerprint density at radius 2 is 1.71 bits per heavy atom. The van der Waals surface area contributed by atoms with Gasteiger partial charge in [-0.2, -0.15) is 0 Å². The zero-order valence-electron chi connectivity index (χ0n) is 17.5. The summed E-state index contributed by atoms with van der Waals surface area (Å²) in [4.78, 5) is 27.5. The minimum atomic E-state index is -3.95. The van der Waals surface area contributed by atoms with Gasteiger partial charge in [-0.3, -0.25) is 14.3 Å². The molecule has 31 heavy (non-hydrogen) atoms. The molecule has 3 N–H and O–H groups in total. The molecule has 0 fully saturated rings. The molecule has 3 aromatic rings. The standard InChI is InChI=1S/C22H22ClN3O4S/c1-12-9-10-16(25-22(28)21-13(2)20(15(4)27)14(3)24-21)11-19(12)31(29,30)26-18-8-6-5-7-17(18)23/h5-11,24,26H,1-4H3,(H,25,28). The highest BCUT2D eigenvalue weighted by Crippen LogP contribution is 2.27. The van der Waals surface area contributed by atoms with Crippen molar-refractivity contribution in [1.82, 2.24) is 4.98 Å². The molecule has 0 bridgehead atoms. The van der Waals surface area contributed by atoms with Gasteiger partial charge in [0.2, 0.25) is 0 Å². The Hall–Kier alpha value is -3.10. The highest BCUT2D eigenvalue weighted by Gasteiger charge is 2.22. The van der Waals surface area contributed by atoms with Gasteiger partial charge in [0, 0.05) is 16.9 Å². The van der Waals surface area contributed by atoms with Crippen LogP contribution in [0.2, 0.25) is 5.02 Å². The van der Waals surface area contributed by atoms with Crippen LogP contribution in [0.3, 0.4) is 0 Å². The number of sulfonamides is 1. The Labute approximate surface area is 185 Å². The van der Waals surface area contributed by atoms with Gasteiger partial charge >= 0.3 is 0 Å². The number of anilines is 2. The number of Topliss-reactive ketones (excluding diaryl/α,β-unsaturated/α-hetero) is 1. The molecule has 1 amide bonds. The van der Waals surface area contributed by atoms with E-state index in [0.29, 0.717) is 28.1 Å². The van der Waals surface area contributed by atoms with Crippen molar-refractivity contribution in [1.29, 1.82) is 0 Å². The Morgan fingerprint density at radius 1 is 1.03 bits per heavy atom. The number of hydrogen-bond donors (Lipinski definition) is 3. The first-order valence-corrected chi connectivity index (χ1v) is 11.3. The lowest BCUT2D eigenvalue weighted by Crippen LogP contribution is -2.17. The van der Waals surface area contributed by atoms with Crippen molar-refractivity contribution in [2.45, 2.75) is 32.6 Å². The van der Waals surface area contributed by atoms with Crippen LogP contribution in [-0.4, -0.2) is 25.1 Å². The maximum absolute atomic E-state index is 12.9. The molecule has 7 nitrogen and oxygen atoms in total. The Kier molecular flexibility index (Phi) is 6.24. The number of ketones is 1. The number of halogens is 1. The van der Waals surface area contributed by atoms with Crippen molar-refractivity contribution in [2.24, 2.45) is 0 Å². The van der Waals surface area contributed by atoms with E-state index in [1.807, 2.05) is 0 Å². The molecule has 0 atom stereocenters. The maximum atomic E-state index is 12.9. The van der Waals surface area contributed by atoms with Crippen molar-refractivity contribution in [3.63, 3.8) is 0 Å². The molecule has 3 rings (SSSR count). The van der Waals surface area contributed by atoms with Crippen LogP contribution in [0.15, 0.2) is 47.4 Å². The average molecular weight is 460 g/mol. The summed E-state index contributed by atoms with van der Waals surface area (Å²) in [5, 5.41) is 2.96.